The first-order valence-electron chi connectivity index (χ1n) is 7.20. The summed E-state index contributed by atoms with van der Waals surface area (Å²) in [7, 11) is 0. The molecule has 2 amide bonds. The van der Waals surface area contributed by atoms with Gasteiger partial charge in [0.05, 0.1) is 12.1 Å². The standard InChI is InChI=1S/C15H26N2O3/c1-5-14(19)17(6-2)11-13(18)16-10-12-7-8-20-15(3,4)9-12/h5,12H,1,6-11H2,2-4H3,(H,16,18). The van der Waals surface area contributed by atoms with E-state index in [2.05, 4.69) is 25.7 Å². The van der Waals surface area contributed by atoms with Gasteiger partial charge in [0, 0.05) is 19.7 Å². The molecule has 1 saturated heterocycles. The zero-order valence-corrected chi connectivity index (χ0v) is 12.8. The van der Waals surface area contributed by atoms with E-state index in [-0.39, 0.29) is 24.0 Å². The second-order valence-electron chi connectivity index (χ2n) is 5.83. The van der Waals surface area contributed by atoms with Crippen molar-refractivity contribution in [2.24, 2.45) is 5.92 Å². The van der Waals surface area contributed by atoms with Gasteiger partial charge in [-0.1, -0.05) is 6.58 Å². The first-order valence-corrected chi connectivity index (χ1v) is 7.20. The van der Waals surface area contributed by atoms with Crippen LogP contribution in [0.5, 0.6) is 0 Å². The topological polar surface area (TPSA) is 58.6 Å². The van der Waals surface area contributed by atoms with Gasteiger partial charge in [-0.2, -0.15) is 0 Å². The summed E-state index contributed by atoms with van der Waals surface area (Å²) in [5.41, 5.74) is -0.109. The Balaban J connectivity index is 2.35. The molecule has 1 fully saturated rings. The van der Waals surface area contributed by atoms with Crippen LogP contribution in [0, 0.1) is 5.92 Å². The second-order valence-corrected chi connectivity index (χ2v) is 5.83. The minimum absolute atomic E-state index is 0.0912. The maximum atomic E-state index is 11.9. The van der Waals surface area contributed by atoms with E-state index in [0.29, 0.717) is 19.0 Å². The van der Waals surface area contributed by atoms with E-state index in [0.717, 1.165) is 19.4 Å². The van der Waals surface area contributed by atoms with Gasteiger partial charge < -0.3 is 15.0 Å². The molecule has 1 N–H and O–H groups in total. The van der Waals surface area contributed by atoms with E-state index >= 15 is 0 Å². The fraction of sp³-hybridized carbons (Fsp3) is 0.733. The number of carbonyl (C=O) groups excluding carboxylic acids is 2. The highest BCUT2D eigenvalue weighted by molar-refractivity contribution is 5.90. The lowest BCUT2D eigenvalue weighted by Gasteiger charge is -2.35. The normalized spacial score (nSPS) is 21.1. The first-order chi connectivity index (χ1) is 9.38. The minimum Gasteiger partial charge on any atom is -0.376 e. The van der Waals surface area contributed by atoms with Crippen molar-refractivity contribution in [1.82, 2.24) is 10.2 Å². The number of amides is 2. The molecular formula is C15H26N2O3. The van der Waals surface area contributed by atoms with E-state index in [1.165, 1.54) is 11.0 Å². The highest BCUT2D eigenvalue weighted by Gasteiger charge is 2.28. The highest BCUT2D eigenvalue weighted by Crippen LogP contribution is 2.27. The van der Waals surface area contributed by atoms with Crippen molar-refractivity contribution in [2.75, 3.05) is 26.2 Å². The number of ether oxygens (including phenoxy) is 1. The predicted molar refractivity (Wildman–Crippen MR) is 78.2 cm³/mol. The molecule has 0 radical (unpaired) electrons. The Hall–Kier alpha value is -1.36. The molecule has 5 nitrogen and oxygen atoms in total. The lowest BCUT2D eigenvalue weighted by Crippen LogP contribution is -2.43. The summed E-state index contributed by atoms with van der Waals surface area (Å²) in [4.78, 5) is 24.8. The molecular weight excluding hydrogens is 256 g/mol. The summed E-state index contributed by atoms with van der Waals surface area (Å²) >= 11 is 0. The number of nitrogens with one attached hydrogen (secondary N) is 1. The molecule has 0 bridgehead atoms. The minimum atomic E-state index is -0.213. The summed E-state index contributed by atoms with van der Waals surface area (Å²) in [6.45, 7) is 11.4. The molecule has 0 aromatic heterocycles. The van der Waals surface area contributed by atoms with Gasteiger partial charge in [0.25, 0.3) is 0 Å². The zero-order valence-electron chi connectivity index (χ0n) is 12.8. The molecule has 0 aromatic carbocycles. The van der Waals surface area contributed by atoms with Crippen LogP contribution in [0.2, 0.25) is 0 Å². The maximum Gasteiger partial charge on any atom is 0.246 e. The summed E-state index contributed by atoms with van der Waals surface area (Å²) < 4.78 is 5.65. The zero-order chi connectivity index (χ0) is 15.2. The van der Waals surface area contributed by atoms with E-state index in [9.17, 15) is 9.59 Å². The van der Waals surface area contributed by atoms with Crippen molar-refractivity contribution < 1.29 is 14.3 Å². The molecule has 1 aliphatic heterocycles. The van der Waals surface area contributed by atoms with Gasteiger partial charge in [-0.15, -0.1) is 0 Å². The number of likely N-dealkylation sites (N-methyl/N-ethyl adjacent to an activating group) is 1. The maximum absolute atomic E-state index is 11.9. The van der Waals surface area contributed by atoms with Gasteiger partial charge in [-0.25, -0.2) is 0 Å². The molecule has 1 aliphatic rings. The fourth-order valence-electron chi connectivity index (χ4n) is 2.49. The first kappa shape index (κ1) is 16.7. The van der Waals surface area contributed by atoms with Gasteiger partial charge >= 0.3 is 0 Å². The van der Waals surface area contributed by atoms with E-state index in [1.807, 2.05) is 6.92 Å². The van der Waals surface area contributed by atoms with Crippen molar-refractivity contribution >= 4 is 11.8 Å². The fourth-order valence-corrected chi connectivity index (χ4v) is 2.49. The Morgan fingerprint density at radius 3 is 2.75 bits per heavy atom. The number of hydrogen-bond acceptors (Lipinski definition) is 3. The summed E-state index contributed by atoms with van der Waals surface area (Å²) in [5.74, 6) is 0.106. The van der Waals surface area contributed by atoms with Crippen LogP contribution in [0.25, 0.3) is 0 Å². The van der Waals surface area contributed by atoms with Gasteiger partial charge in [0.1, 0.15) is 0 Å². The second kappa shape index (κ2) is 7.43. The SMILES string of the molecule is C=CC(=O)N(CC)CC(=O)NCC1CCOC(C)(C)C1. The largest absolute Gasteiger partial charge is 0.376 e. The van der Waals surface area contributed by atoms with Crippen molar-refractivity contribution in [3.05, 3.63) is 12.7 Å². The highest BCUT2D eigenvalue weighted by atomic mass is 16.5. The predicted octanol–water partition coefficient (Wildman–Crippen LogP) is 1.34. The van der Waals surface area contributed by atoms with E-state index in [4.69, 9.17) is 4.74 Å². The average molecular weight is 282 g/mol. The van der Waals surface area contributed by atoms with E-state index in [1.54, 1.807) is 0 Å². The monoisotopic (exact) mass is 282 g/mol. The molecule has 20 heavy (non-hydrogen) atoms. The van der Waals surface area contributed by atoms with Gasteiger partial charge in [-0.05, 0) is 45.6 Å². The molecule has 5 heteroatoms. The van der Waals surface area contributed by atoms with Crippen LogP contribution in [-0.4, -0.2) is 48.6 Å². The van der Waals surface area contributed by atoms with Crippen molar-refractivity contribution in [3.63, 3.8) is 0 Å². The summed E-state index contributed by atoms with van der Waals surface area (Å²) in [6, 6.07) is 0. The Morgan fingerprint density at radius 2 is 2.20 bits per heavy atom. The summed E-state index contributed by atoms with van der Waals surface area (Å²) in [6.07, 6.45) is 3.14. The van der Waals surface area contributed by atoms with Crippen LogP contribution in [0.4, 0.5) is 0 Å². The number of rotatable bonds is 6. The molecule has 0 spiro atoms. The molecule has 1 heterocycles. The Labute approximate surface area is 121 Å². The molecule has 1 rings (SSSR count). The van der Waals surface area contributed by atoms with Gasteiger partial charge in [-0.3, -0.25) is 9.59 Å². The van der Waals surface area contributed by atoms with Crippen molar-refractivity contribution in [2.45, 2.75) is 39.2 Å². The number of carbonyl (C=O) groups is 2. The molecule has 0 aliphatic carbocycles. The molecule has 0 aromatic rings. The number of nitrogens with zero attached hydrogens (tertiary/aromatic N) is 1. The van der Waals surface area contributed by atoms with Crippen LogP contribution in [0.1, 0.15) is 33.6 Å². The molecule has 0 saturated carbocycles. The third-order valence-electron chi connectivity index (χ3n) is 3.59. The lowest BCUT2D eigenvalue weighted by atomic mass is 9.88. The van der Waals surface area contributed by atoms with E-state index < -0.39 is 0 Å². The average Bonchev–Trinajstić information content (AvgIpc) is 2.40. The Bertz CT molecular complexity index is 366. The number of hydrogen-bond donors (Lipinski definition) is 1. The van der Waals surface area contributed by atoms with Gasteiger partial charge in [0.2, 0.25) is 11.8 Å². The molecule has 114 valence electrons. The molecule has 1 unspecified atom stereocenters. The van der Waals surface area contributed by atoms with Crippen molar-refractivity contribution in [1.29, 1.82) is 0 Å². The molecule has 1 atom stereocenters. The Kier molecular flexibility index (Phi) is 6.20. The van der Waals surface area contributed by atoms with Crippen LogP contribution >= 0.6 is 0 Å². The third kappa shape index (κ3) is 5.33. The van der Waals surface area contributed by atoms with Crippen LogP contribution in [0.3, 0.4) is 0 Å². The third-order valence-corrected chi connectivity index (χ3v) is 3.59. The Morgan fingerprint density at radius 1 is 1.50 bits per heavy atom. The van der Waals surface area contributed by atoms with Crippen LogP contribution in [0.15, 0.2) is 12.7 Å². The smallest absolute Gasteiger partial charge is 0.246 e. The van der Waals surface area contributed by atoms with Crippen LogP contribution in [-0.2, 0) is 14.3 Å². The lowest BCUT2D eigenvalue weighted by molar-refractivity contribution is -0.132. The van der Waals surface area contributed by atoms with Crippen molar-refractivity contribution in [3.8, 4) is 0 Å². The van der Waals surface area contributed by atoms with Gasteiger partial charge in [0.15, 0.2) is 0 Å². The summed E-state index contributed by atoms with van der Waals surface area (Å²) in [5, 5.41) is 2.91. The van der Waals surface area contributed by atoms with Crippen LogP contribution < -0.4 is 5.32 Å². The quantitative estimate of drug-likeness (QED) is 0.748.